The molecule has 8 heteroatoms. The molecule has 0 saturated carbocycles. The first-order valence-corrected chi connectivity index (χ1v) is 5.81. The van der Waals surface area contributed by atoms with E-state index in [0.717, 1.165) is 0 Å². The van der Waals surface area contributed by atoms with Gasteiger partial charge >= 0.3 is 5.97 Å². The highest BCUT2D eigenvalue weighted by atomic mass is 35.5. The van der Waals surface area contributed by atoms with E-state index in [4.69, 9.17) is 21.8 Å². The van der Waals surface area contributed by atoms with Gasteiger partial charge in [-0.15, -0.1) is 15.0 Å². The van der Waals surface area contributed by atoms with Crippen LogP contribution in [0.25, 0.3) is 5.69 Å². The van der Waals surface area contributed by atoms with Crippen LogP contribution < -0.4 is 5.32 Å². The molecule has 0 saturated heterocycles. The third-order valence-corrected chi connectivity index (χ3v) is 2.49. The number of benzene rings is 1. The number of halogens is 1. The van der Waals surface area contributed by atoms with Crippen molar-refractivity contribution in [1.29, 1.82) is 0 Å². The number of aromatic carboxylic acids is 1. The van der Waals surface area contributed by atoms with Gasteiger partial charge in [-0.2, -0.15) is 0 Å². The number of nitrogens with zero attached hydrogens (tertiary/aromatic N) is 3. The Labute approximate surface area is 113 Å². The summed E-state index contributed by atoms with van der Waals surface area (Å²) in [6.07, 6.45) is 0. The first-order chi connectivity index (χ1) is 9.11. The maximum Gasteiger partial charge on any atom is 0.360 e. The average Bonchev–Trinajstić information content (AvgIpc) is 2.80. The highest BCUT2D eigenvalue weighted by molar-refractivity contribution is 6.30. The second kappa shape index (κ2) is 5.68. The van der Waals surface area contributed by atoms with Gasteiger partial charge in [0.2, 0.25) is 5.69 Å². The Hall–Kier alpha value is -2.12. The summed E-state index contributed by atoms with van der Waals surface area (Å²) in [5.41, 5.74) is 0.334. The maximum atomic E-state index is 11.1. The zero-order valence-corrected chi connectivity index (χ0v) is 10.5. The summed E-state index contributed by atoms with van der Waals surface area (Å²) in [6.45, 7) is 0.0532. The zero-order chi connectivity index (χ0) is 13.8. The van der Waals surface area contributed by atoms with Crippen LogP contribution in [-0.2, 0) is 0 Å². The van der Waals surface area contributed by atoms with Crippen LogP contribution in [0, 0.1) is 0 Å². The maximum absolute atomic E-state index is 11.1. The topological polar surface area (TPSA) is 100 Å². The summed E-state index contributed by atoms with van der Waals surface area (Å²) in [7, 11) is 0. The molecule has 0 radical (unpaired) electrons. The number of nitrogens with one attached hydrogen (secondary N) is 1. The smallest absolute Gasteiger partial charge is 0.360 e. The Morgan fingerprint density at radius 2 is 2.21 bits per heavy atom. The molecule has 0 bridgehead atoms. The van der Waals surface area contributed by atoms with E-state index in [1.807, 2.05) is 0 Å². The largest absolute Gasteiger partial charge is 0.476 e. The van der Waals surface area contributed by atoms with Gasteiger partial charge in [0, 0.05) is 11.6 Å². The monoisotopic (exact) mass is 282 g/mol. The zero-order valence-electron chi connectivity index (χ0n) is 9.75. The molecule has 2 aromatic rings. The highest BCUT2D eigenvalue weighted by Crippen LogP contribution is 2.16. The van der Waals surface area contributed by atoms with Crippen molar-refractivity contribution in [3.05, 3.63) is 35.0 Å². The molecule has 1 aromatic carbocycles. The number of aliphatic hydroxyl groups is 1. The van der Waals surface area contributed by atoms with E-state index < -0.39 is 5.97 Å². The Morgan fingerprint density at radius 3 is 2.84 bits per heavy atom. The van der Waals surface area contributed by atoms with Gasteiger partial charge in [0.15, 0.2) is 5.82 Å². The predicted octanol–water partition coefficient (Wildman–Crippen LogP) is 1.02. The van der Waals surface area contributed by atoms with Gasteiger partial charge in [0.25, 0.3) is 0 Å². The normalized spacial score (nSPS) is 10.4. The number of carboxylic acids is 1. The van der Waals surface area contributed by atoms with Crippen molar-refractivity contribution >= 4 is 23.4 Å². The lowest BCUT2D eigenvalue weighted by molar-refractivity contribution is 0.0691. The van der Waals surface area contributed by atoms with Gasteiger partial charge in [-0.25, -0.2) is 4.79 Å². The summed E-state index contributed by atoms with van der Waals surface area (Å²) in [5, 5.41) is 28.9. The van der Waals surface area contributed by atoms with Gasteiger partial charge < -0.3 is 15.5 Å². The average molecular weight is 283 g/mol. The molecule has 0 fully saturated rings. The molecule has 7 nitrogen and oxygen atoms in total. The van der Waals surface area contributed by atoms with E-state index in [9.17, 15) is 4.79 Å². The molecule has 0 unspecified atom stereocenters. The van der Waals surface area contributed by atoms with E-state index in [-0.39, 0.29) is 24.7 Å². The standard InChI is InChI=1S/C11H11ClN4O3/c12-7-2-1-3-8(6-7)16-14-9(11(18)19)10(15-16)13-4-5-17/h1-3,6,17H,4-5H2,(H,13,15)(H,18,19). The van der Waals surface area contributed by atoms with Crippen molar-refractivity contribution in [3.63, 3.8) is 0 Å². The molecule has 0 aliphatic heterocycles. The third kappa shape index (κ3) is 3.01. The lowest BCUT2D eigenvalue weighted by Gasteiger charge is -2.00. The molecule has 0 amide bonds. The summed E-state index contributed by atoms with van der Waals surface area (Å²) in [4.78, 5) is 12.2. The Balaban J connectivity index is 2.39. The molecule has 0 atom stereocenters. The number of aromatic nitrogens is 3. The Morgan fingerprint density at radius 1 is 1.42 bits per heavy atom. The minimum atomic E-state index is -1.20. The van der Waals surface area contributed by atoms with Gasteiger partial charge in [0.05, 0.1) is 12.3 Å². The van der Waals surface area contributed by atoms with Gasteiger partial charge in [-0.3, -0.25) is 0 Å². The fourth-order valence-corrected chi connectivity index (χ4v) is 1.64. The molecule has 0 spiro atoms. The van der Waals surface area contributed by atoms with E-state index in [2.05, 4.69) is 15.5 Å². The molecule has 0 aliphatic rings. The second-order valence-electron chi connectivity index (χ2n) is 3.62. The van der Waals surface area contributed by atoms with E-state index >= 15 is 0 Å². The molecule has 1 heterocycles. The van der Waals surface area contributed by atoms with E-state index in [1.54, 1.807) is 24.3 Å². The highest BCUT2D eigenvalue weighted by Gasteiger charge is 2.18. The first-order valence-electron chi connectivity index (χ1n) is 5.43. The van der Waals surface area contributed by atoms with Gasteiger partial charge in [0.1, 0.15) is 0 Å². The molecular formula is C11H11ClN4O3. The van der Waals surface area contributed by atoms with Crippen molar-refractivity contribution in [1.82, 2.24) is 15.0 Å². The van der Waals surface area contributed by atoms with E-state index in [1.165, 1.54) is 4.80 Å². The predicted molar refractivity (Wildman–Crippen MR) is 68.9 cm³/mol. The van der Waals surface area contributed by atoms with Crippen molar-refractivity contribution in [2.45, 2.75) is 0 Å². The summed E-state index contributed by atoms with van der Waals surface area (Å²) >= 11 is 5.85. The molecule has 19 heavy (non-hydrogen) atoms. The lowest BCUT2D eigenvalue weighted by Crippen LogP contribution is -2.09. The van der Waals surface area contributed by atoms with Crippen molar-refractivity contribution in [2.24, 2.45) is 0 Å². The van der Waals surface area contributed by atoms with Crippen LogP contribution in [0.1, 0.15) is 10.5 Å². The lowest BCUT2D eigenvalue weighted by atomic mass is 10.3. The van der Waals surface area contributed by atoms with Crippen molar-refractivity contribution in [2.75, 3.05) is 18.5 Å². The van der Waals surface area contributed by atoms with Gasteiger partial charge in [-0.1, -0.05) is 17.7 Å². The molecule has 100 valence electrons. The summed E-state index contributed by atoms with van der Waals surface area (Å²) in [6, 6.07) is 6.72. The van der Waals surface area contributed by atoms with Crippen LogP contribution in [0.15, 0.2) is 24.3 Å². The van der Waals surface area contributed by atoms with Crippen molar-refractivity contribution < 1.29 is 15.0 Å². The minimum absolute atomic E-state index is 0.0986. The van der Waals surface area contributed by atoms with Gasteiger partial charge in [-0.05, 0) is 18.2 Å². The minimum Gasteiger partial charge on any atom is -0.476 e. The Bertz CT molecular complexity index is 599. The fourth-order valence-electron chi connectivity index (χ4n) is 1.46. The first kappa shape index (κ1) is 13.3. The second-order valence-corrected chi connectivity index (χ2v) is 4.06. The van der Waals surface area contributed by atoms with Crippen LogP contribution in [0.4, 0.5) is 5.82 Å². The SMILES string of the molecule is O=C(O)c1nn(-c2cccc(Cl)c2)nc1NCCO. The number of carboxylic acid groups (broad SMARTS) is 1. The molecule has 3 N–H and O–H groups in total. The summed E-state index contributed by atoms with van der Waals surface area (Å²) in [5.74, 6) is -1.10. The van der Waals surface area contributed by atoms with Crippen LogP contribution >= 0.6 is 11.6 Å². The number of carbonyl (C=O) groups is 1. The quantitative estimate of drug-likeness (QED) is 0.757. The van der Waals surface area contributed by atoms with Crippen molar-refractivity contribution in [3.8, 4) is 5.69 Å². The molecule has 2 rings (SSSR count). The molecule has 0 aliphatic carbocycles. The van der Waals surface area contributed by atoms with Crippen LogP contribution in [-0.4, -0.2) is 44.3 Å². The van der Waals surface area contributed by atoms with Crippen LogP contribution in [0.2, 0.25) is 5.02 Å². The third-order valence-electron chi connectivity index (χ3n) is 2.26. The number of hydrogen-bond acceptors (Lipinski definition) is 5. The Kier molecular flexibility index (Phi) is 3.98. The van der Waals surface area contributed by atoms with Crippen LogP contribution in [0.5, 0.6) is 0 Å². The van der Waals surface area contributed by atoms with Crippen LogP contribution in [0.3, 0.4) is 0 Å². The molecule has 1 aromatic heterocycles. The molecular weight excluding hydrogens is 272 g/mol. The number of rotatable bonds is 5. The summed E-state index contributed by atoms with van der Waals surface area (Å²) < 4.78 is 0. The number of anilines is 1. The number of hydrogen-bond donors (Lipinski definition) is 3. The fraction of sp³-hybridized carbons (Fsp3) is 0.182. The van der Waals surface area contributed by atoms with E-state index in [0.29, 0.717) is 10.7 Å². The number of aliphatic hydroxyl groups excluding tert-OH is 1.